The van der Waals surface area contributed by atoms with Crippen LogP contribution in [-0.2, 0) is 4.79 Å². The Morgan fingerprint density at radius 3 is 2.73 bits per heavy atom. The lowest BCUT2D eigenvalue weighted by Gasteiger charge is -2.05. The third kappa shape index (κ3) is 3.36. The first-order chi connectivity index (χ1) is 7.00. The van der Waals surface area contributed by atoms with Crippen LogP contribution in [0.4, 0.5) is 5.00 Å². The standard InChI is InChI=1S/C10H13NO3S/c1-6(2)5-8(12)11-9-7(10(13)14)3-4-15-9/h3-4,6H,5H2,1-2H3,(H,11,12)(H,13,14). The molecule has 0 unspecified atom stereocenters. The van der Waals surface area contributed by atoms with E-state index >= 15 is 0 Å². The Morgan fingerprint density at radius 1 is 1.53 bits per heavy atom. The number of nitrogens with one attached hydrogen (secondary N) is 1. The van der Waals surface area contributed by atoms with Gasteiger partial charge in [0.1, 0.15) is 5.00 Å². The average Bonchev–Trinajstić information content (AvgIpc) is 2.50. The van der Waals surface area contributed by atoms with Crippen molar-refractivity contribution in [1.29, 1.82) is 0 Å². The van der Waals surface area contributed by atoms with Crippen LogP contribution in [0.2, 0.25) is 0 Å². The summed E-state index contributed by atoms with van der Waals surface area (Å²) in [6, 6.07) is 1.48. The van der Waals surface area contributed by atoms with Crippen molar-refractivity contribution in [3.05, 3.63) is 17.0 Å². The van der Waals surface area contributed by atoms with Gasteiger partial charge < -0.3 is 10.4 Å². The smallest absolute Gasteiger partial charge is 0.338 e. The zero-order valence-corrected chi connectivity index (χ0v) is 9.43. The van der Waals surface area contributed by atoms with Crippen molar-refractivity contribution in [2.75, 3.05) is 5.32 Å². The van der Waals surface area contributed by atoms with Crippen molar-refractivity contribution in [2.45, 2.75) is 20.3 Å². The second kappa shape index (κ2) is 4.93. The lowest BCUT2D eigenvalue weighted by Crippen LogP contribution is -2.14. The van der Waals surface area contributed by atoms with E-state index in [1.807, 2.05) is 13.8 Å². The van der Waals surface area contributed by atoms with Gasteiger partial charge in [-0.1, -0.05) is 13.8 Å². The molecule has 0 bridgehead atoms. The fraction of sp³-hybridized carbons (Fsp3) is 0.400. The SMILES string of the molecule is CC(C)CC(=O)Nc1sccc1C(=O)O. The van der Waals surface area contributed by atoms with Gasteiger partial charge in [-0.25, -0.2) is 4.79 Å². The van der Waals surface area contributed by atoms with Gasteiger partial charge in [-0.15, -0.1) is 11.3 Å². The topological polar surface area (TPSA) is 66.4 Å². The van der Waals surface area contributed by atoms with Crippen LogP contribution in [0.5, 0.6) is 0 Å². The number of hydrogen-bond donors (Lipinski definition) is 2. The summed E-state index contributed by atoms with van der Waals surface area (Å²) in [6.45, 7) is 3.87. The van der Waals surface area contributed by atoms with Gasteiger partial charge >= 0.3 is 5.97 Å². The largest absolute Gasteiger partial charge is 0.478 e. The van der Waals surface area contributed by atoms with Gasteiger partial charge in [0.15, 0.2) is 0 Å². The lowest BCUT2D eigenvalue weighted by atomic mass is 10.1. The summed E-state index contributed by atoms with van der Waals surface area (Å²) in [7, 11) is 0. The second-order valence-electron chi connectivity index (χ2n) is 3.61. The average molecular weight is 227 g/mol. The maximum absolute atomic E-state index is 11.4. The molecular formula is C10H13NO3S. The number of anilines is 1. The summed E-state index contributed by atoms with van der Waals surface area (Å²) in [4.78, 5) is 22.1. The van der Waals surface area contributed by atoms with Crippen molar-refractivity contribution in [1.82, 2.24) is 0 Å². The number of rotatable bonds is 4. The Kier molecular flexibility index (Phi) is 3.85. The normalized spacial score (nSPS) is 10.3. The van der Waals surface area contributed by atoms with Crippen molar-refractivity contribution < 1.29 is 14.7 Å². The van der Waals surface area contributed by atoms with Gasteiger partial charge in [0.05, 0.1) is 5.56 Å². The van der Waals surface area contributed by atoms with E-state index in [1.54, 1.807) is 5.38 Å². The summed E-state index contributed by atoms with van der Waals surface area (Å²) < 4.78 is 0. The Bertz CT molecular complexity index is 370. The van der Waals surface area contributed by atoms with Crippen LogP contribution in [0.1, 0.15) is 30.6 Å². The van der Waals surface area contributed by atoms with Crippen LogP contribution < -0.4 is 5.32 Å². The van der Waals surface area contributed by atoms with E-state index in [9.17, 15) is 9.59 Å². The second-order valence-corrected chi connectivity index (χ2v) is 4.53. The van der Waals surface area contributed by atoms with Crippen molar-refractivity contribution in [2.24, 2.45) is 5.92 Å². The van der Waals surface area contributed by atoms with E-state index in [1.165, 1.54) is 17.4 Å². The highest BCUT2D eigenvalue weighted by atomic mass is 32.1. The first-order valence-corrected chi connectivity index (χ1v) is 5.49. The molecule has 0 aliphatic carbocycles. The molecule has 2 N–H and O–H groups in total. The molecule has 1 heterocycles. The van der Waals surface area contributed by atoms with E-state index in [0.29, 0.717) is 11.4 Å². The fourth-order valence-electron chi connectivity index (χ4n) is 1.12. The van der Waals surface area contributed by atoms with Crippen LogP contribution in [0, 0.1) is 5.92 Å². The molecule has 1 amide bonds. The predicted molar refractivity (Wildman–Crippen MR) is 59.4 cm³/mol. The molecule has 0 atom stereocenters. The number of carbonyl (C=O) groups excluding carboxylic acids is 1. The minimum absolute atomic E-state index is 0.144. The monoisotopic (exact) mass is 227 g/mol. The highest BCUT2D eigenvalue weighted by Gasteiger charge is 2.14. The van der Waals surface area contributed by atoms with Gasteiger partial charge in [-0.05, 0) is 17.4 Å². The fourth-order valence-corrected chi connectivity index (χ4v) is 1.92. The molecule has 5 heteroatoms. The molecular weight excluding hydrogens is 214 g/mol. The van der Waals surface area contributed by atoms with Gasteiger partial charge in [-0.3, -0.25) is 4.79 Å². The maximum Gasteiger partial charge on any atom is 0.338 e. The van der Waals surface area contributed by atoms with Crippen molar-refractivity contribution in [3.8, 4) is 0 Å². The number of amides is 1. The van der Waals surface area contributed by atoms with E-state index in [0.717, 1.165) is 0 Å². The zero-order valence-electron chi connectivity index (χ0n) is 8.61. The van der Waals surface area contributed by atoms with E-state index in [2.05, 4.69) is 5.32 Å². The van der Waals surface area contributed by atoms with Crippen molar-refractivity contribution >= 4 is 28.2 Å². The molecule has 0 aromatic carbocycles. The minimum atomic E-state index is -1.02. The summed E-state index contributed by atoms with van der Waals surface area (Å²) in [5, 5.41) is 13.5. The highest BCUT2D eigenvalue weighted by molar-refractivity contribution is 7.14. The maximum atomic E-state index is 11.4. The van der Waals surface area contributed by atoms with Crippen molar-refractivity contribution in [3.63, 3.8) is 0 Å². The number of hydrogen-bond acceptors (Lipinski definition) is 3. The third-order valence-corrected chi connectivity index (χ3v) is 2.57. The molecule has 0 saturated heterocycles. The number of aromatic carboxylic acids is 1. The van der Waals surface area contributed by atoms with Gasteiger partial charge in [0.2, 0.25) is 5.91 Å². The van der Waals surface area contributed by atoms with Crippen LogP contribution >= 0.6 is 11.3 Å². The Balaban J connectivity index is 2.68. The lowest BCUT2D eigenvalue weighted by molar-refractivity contribution is -0.116. The van der Waals surface area contributed by atoms with Crippen LogP contribution in [0.3, 0.4) is 0 Å². The van der Waals surface area contributed by atoms with Crippen LogP contribution in [0.15, 0.2) is 11.4 Å². The highest BCUT2D eigenvalue weighted by Crippen LogP contribution is 2.23. The van der Waals surface area contributed by atoms with E-state index in [4.69, 9.17) is 5.11 Å². The molecule has 0 aliphatic rings. The van der Waals surface area contributed by atoms with E-state index < -0.39 is 5.97 Å². The summed E-state index contributed by atoms with van der Waals surface area (Å²) >= 11 is 1.22. The molecule has 82 valence electrons. The Hall–Kier alpha value is -1.36. The molecule has 1 aromatic heterocycles. The first kappa shape index (κ1) is 11.7. The number of carboxylic acids is 1. The Morgan fingerprint density at radius 2 is 2.20 bits per heavy atom. The number of carbonyl (C=O) groups is 2. The van der Waals surface area contributed by atoms with Crippen LogP contribution in [-0.4, -0.2) is 17.0 Å². The zero-order chi connectivity index (χ0) is 11.4. The summed E-state index contributed by atoms with van der Waals surface area (Å²) in [5.74, 6) is -0.899. The number of thiophene rings is 1. The molecule has 1 aromatic rings. The molecule has 0 fully saturated rings. The third-order valence-electron chi connectivity index (χ3n) is 1.74. The molecule has 1 rings (SSSR count). The van der Waals surface area contributed by atoms with Crippen LogP contribution in [0.25, 0.3) is 0 Å². The minimum Gasteiger partial charge on any atom is -0.478 e. The molecule has 4 nitrogen and oxygen atoms in total. The first-order valence-electron chi connectivity index (χ1n) is 4.61. The van der Waals surface area contributed by atoms with Gasteiger partial charge in [0, 0.05) is 6.42 Å². The molecule has 0 spiro atoms. The molecule has 15 heavy (non-hydrogen) atoms. The quantitative estimate of drug-likeness (QED) is 0.830. The molecule has 0 aliphatic heterocycles. The molecule has 0 saturated carbocycles. The summed E-state index contributed by atoms with van der Waals surface area (Å²) in [5.41, 5.74) is 0.150. The predicted octanol–water partition coefficient (Wildman–Crippen LogP) is 2.43. The van der Waals surface area contributed by atoms with E-state index in [-0.39, 0.29) is 17.4 Å². The van der Waals surface area contributed by atoms with Gasteiger partial charge in [-0.2, -0.15) is 0 Å². The molecule has 0 radical (unpaired) electrons. The van der Waals surface area contributed by atoms with Gasteiger partial charge in [0.25, 0.3) is 0 Å². The number of carboxylic acid groups (broad SMARTS) is 1. The summed E-state index contributed by atoms with van der Waals surface area (Å²) in [6.07, 6.45) is 0.400. The Labute approximate surface area is 91.9 Å².